The first-order chi connectivity index (χ1) is 9.99. The maximum absolute atomic E-state index is 6.44. The molecule has 1 heterocycles. The molecule has 2 unspecified atom stereocenters. The first kappa shape index (κ1) is 16.8. The van der Waals surface area contributed by atoms with Crippen molar-refractivity contribution in [1.82, 2.24) is 4.90 Å². The number of hydrogen-bond acceptors (Lipinski definition) is 2. The van der Waals surface area contributed by atoms with Crippen LogP contribution in [0.1, 0.15) is 58.1 Å². The summed E-state index contributed by atoms with van der Waals surface area (Å²) in [6.45, 7) is 9.19. The van der Waals surface area contributed by atoms with E-state index in [4.69, 9.17) is 17.3 Å². The smallest absolute Gasteiger partial charge is 0.0499 e. The van der Waals surface area contributed by atoms with E-state index in [0.29, 0.717) is 11.5 Å². The van der Waals surface area contributed by atoms with E-state index in [1.54, 1.807) is 0 Å². The predicted octanol–water partition coefficient (Wildman–Crippen LogP) is 4.63. The van der Waals surface area contributed by atoms with Crippen LogP contribution in [0.3, 0.4) is 0 Å². The van der Waals surface area contributed by atoms with E-state index in [9.17, 15) is 0 Å². The number of likely N-dealkylation sites (tertiary alicyclic amines) is 1. The molecule has 0 bridgehead atoms. The third-order valence-corrected chi connectivity index (χ3v) is 5.59. The number of benzene rings is 1. The Kier molecular flexibility index (Phi) is 5.70. The summed E-state index contributed by atoms with van der Waals surface area (Å²) >= 11 is 6.03. The zero-order chi connectivity index (χ0) is 15.5. The van der Waals surface area contributed by atoms with E-state index in [-0.39, 0.29) is 6.04 Å². The van der Waals surface area contributed by atoms with Gasteiger partial charge in [0.2, 0.25) is 0 Å². The summed E-state index contributed by atoms with van der Waals surface area (Å²) in [6, 6.07) is 8.72. The Morgan fingerprint density at radius 2 is 1.76 bits per heavy atom. The van der Waals surface area contributed by atoms with Crippen molar-refractivity contribution in [3.63, 3.8) is 0 Å². The Morgan fingerprint density at radius 3 is 2.24 bits per heavy atom. The third-order valence-electron chi connectivity index (χ3n) is 5.34. The van der Waals surface area contributed by atoms with Gasteiger partial charge in [-0.3, -0.25) is 4.90 Å². The van der Waals surface area contributed by atoms with E-state index in [1.807, 2.05) is 12.1 Å². The van der Waals surface area contributed by atoms with Crippen LogP contribution in [0.25, 0.3) is 0 Å². The van der Waals surface area contributed by atoms with Crippen LogP contribution in [-0.4, -0.2) is 24.0 Å². The van der Waals surface area contributed by atoms with Crippen LogP contribution in [-0.2, 0) is 0 Å². The lowest BCUT2D eigenvalue weighted by Gasteiger charge is -2.44. The van der Waals surface area contributed by atoms with Gasteiger partial charge in [-0.15, -0.1) is 0 Å². The van der Waals surface area contributed by atoms with Crippen molar-refractivity contribution in [2.45, 2.75) is 58.5 Å². The van der Waals surface area contributed by atoms with Gasteiger partial charge >= 0.3 is 0 Å². The summed E-state index contributed by atoms with van der Waals surface area (Å²) in [5, 5.41) is 0.791. The van der Waals surface area contributed by atoms with Gasteiger partial charge in [0.1, 0.15) is 0 Å². The topological polar surface area (TPSA) is 29.3 Å². The van der Waals surface area contributed by atoms with Gasteiger partial charge in [-0.1, -0.05) is 50.9 Å². The summed E-state index contributed by atoms with van der Waals surface area (Å²) in [6.07, 6.45) is 4.80. The minimum atomic E-state index is 0.178. The summed E-state index contributed by atoms with van der Waals surface area (Å²) in [5.41, 5.74) is 8.25. The number of piperidine rings is 1. The molecule has 1 aromatic carbocycles. The van der Waals surface area contributed by atoms with Crippen molar-refractivity contribution in [2.75, 3.05) is 13.1 Å². The molecule has 2 atom stereocenters. The molecular formula is C18H29ClN2. The van der Waals surface area contributed by atoms with Gasteiger partial charge in [0, 0.05) is 17.1 Å². The molecule has 1 saturated heterocycles. The van der Waals surface area contributed by atoms with Crippen molar-refractivity contribution < 1.29 is 0 Å². The number of rotatable bonds is 5. The molecule has 21 heavy (non-hydrogen) atoms. The average molecular weight is 309 g/mol. The van der Waals surface area contributed by atoms with Gasteiger partial charge in [-0.05, 0) is 55.5 Å². The van der Waals surface area contributed by atoms with E-state index in [1.165, 1.54) is 24.8 Å². The molecule has 2 N–H and O–H groups in total. The molecule has 1 aliphatic heterocycles. The summed E-state index contributed by atoms with van der Waals surface area (Å²) in [7, 11) is 0. The van der Waals surface area contributed by atoms with Gasteiger partial charge in [0.15, 0.2) is 0 Å². The molecule has 0 radical (unpaired) electrons. The Bertz CT molecular complexity index is 435. The van der Waals surface area contributed by atoms with Crippen molar-refractivity contribution in [2.24, 2.45) is 11.1 Å². The zero-order valence-electron chi connectivity index (χ0n) is 13.6. The lowest BCUT2D eigenvalue weighted by molar-refractivity contribution is 0.0693. The second kappa shape index (κ2) is 7.13. The molecule has 1 aliphatic rings. The summed E-state index contributed by atoms with van der Waals surface area (Å²) in [5.74, 6) is 0. The molecule has 3 heteroatoms. The maximum Gasteiger partial charge on any atom is 0.0499 e. The Morgan fingerprint density at radius 1 is 1.19 bits per heavy atom. The summed E-state index contributed by atoms with van der Waals surface area (Å²) in [4.78, 5) is 2.58. The van der Waals surface area contributed by atoms with E-state index in [0.717, 1.165) is 24.5 Å². The first-order valence-corrected chi connectivity index (χ1v) is 8.62. The third kappa shape index (κ3) is 4.00. The lowest BCUT2D eigenvalue weighted by atomic mass is 9.77. The molecule has 0 saturated carbocycles. The molecule has 1 aromatic rings. The lowest BCUT2D eigenvalue weighted by Crippen LogP contribution is -2.46. The molecule has 0 aromatic heterocycles. The number of halogens is 1. The van der Waals surface area contributed by atoms with Gasteiger partial charge in [0.05, 0.1) is 0 Å². The highest BCUT2D eigenvalue weighted by molar-refractivity contribution is 6.30. The number of nitrogens with zero attached hydrogens (tertiary/aromatic N) is 1. The zero-order valence-corrected chi connectivity index (χ0v) is 14.4. The number of hydrogen-bond donors (Lipinski definition) is 1. The van der Waals surface area contributed by atoms with Gasteiger partial charge in [-0.2, -0.15) is 0 Å². The van der Waals surface area contributed by atoms with Crippen molar-refractivity contribution in [3.8, 4) is 0 Å². The van der Waals surface area contributed by atoms with Crippen molar-refractivity contribution >= 4 is 11.6 Å². The first-order valence-electron chi connectivity index (χ1n) is 8.24. The van der Waals surface area contributed by atoms with Crippen LogP contribution in [0.2, 0.25) is 5.02 Å². The highest BCUT2D eigenvalue weighted by Crippen LogP contribution is 2.38. The van der Waals surface area contributed by atoms with E-state index >= 15 is 0 Å². The Labute approximate surface area is 134 Å². The Balaban J connectivity index is 2.16. The maximum atomic E-state index is 6.44. The van der Waals surface area contributed by atoms with Gasteiger partial charge < -0.3 is 5.73 Å². The molecule has 1 fully saturated rings. The monoisotopic (exact) mass is 308 g/mol. The van der Waals surface area contributed by atoms with Crippen molar-refractivity contribution in [3.05, 3.63) is 34.9 Å². The minimum absolute atomic E-state index is 0.178. The van der Waals surface area contributed by atoms with Crippen LogP contribution >= 0.6 is 11.6 Å². The highest BCUT2D eigenvalue weighted by atomic mass is 35.5. The fourth-order valence-corrected chi connectivity index (χ4v) is 3.43. The SMILES string of the molecule is CCC(N)C(c1ccc(Cl)cc1)N1CCC(C)(CC)CC1. The molecular weight excluding hydrogens is 280 g/mol. The highest BCUT2D eigenvalue weighted by Gasteiger charge is 2.33. The van der Waals surface area contributed by atoms with Crippen LogP contribution in [0.4, 0.5) is 0 Å². The Hall–Kier alpha value is -0.570. The molecule has 118 valence electrons. The van der Waals surface area contributed by atoms with Crippen molar-refractivity contribution in [1.29, 1.82) is 0 Å². The molecule has 0 aliphatic carbocycles. The van der Waals surface area contributed by atoms with E-state index in [2.05, 4.69) is 37.8 Å². The van der Waals surface area contributed by atoms with Gasteiger partial charge in [0.25, 0.3) is 0 Å². The molecule has 2 rings (SSSR count). The van der Waals surface area contributed by atoms with Crippen LogP contribution in [0.15, 0.2) is 24.3 Å². The van der Waals surface area contributed by atoms with Gasteiger partial charge in [-0.25, -0.2) is 0 Å². The second-order valence-corrected chi connectivity index (χ2v) is 7.21. The standard InChI is InChI=1S/C18H29ClN2/c1-4-16(20)17(14-6-8-15(19)9-7-14)21-12-10-18(3,5-2)11-13-21/h6-9,16-17H,4-5,10-13,20H2,1-3H3. The van der Waals surface area contributed by atoms with Crippen LogP contribution in [0, 0.1) is 5.41 Å². The average Bonchev–Trinajstić information content (AvgIpc) is 2.51. The van der Waals surface area contributed by atoms with E-state index < -0.39 is 0 Å². The second-order valence-electron chi connectivity index (χ2n) is 6.77. The summed E-state index contributed by atoms with van der Waals surface area (Å²) < 4.78 is 0. The fourth-order valence-electron chi connectivity index (χ4n) is 3.31. The number of nitrogens with two attached hydrogens (primary N) is 1. The predicted molar refractivity (Wildman–Crippen MR) is 91.7 cm³/mol. The van der Waals surface area contributed by atoms with Crippen LogP contribution in [0.5, 0.6) is 0 Å². The molecule has 0 amide bonds. The quantitative estimate of drug-likeness (QED) is 0.859. The fraction of sp³-hybridized carbons (Fsp3) is 0.667. The normalized spacial score (nSPS) is 22.0. The molecule has 0 spiro atoms. The van der Waals surface area contributed by atoms with Crippen LogP contribution < -0.4 is 5.73 Å². The minimum Gasteiger partial charge on any atom is -0.326 e. The largest absolute Gasteiger partial charge is 0.326 e. The molecule has 2 nitrogen and oxygen atoms in total.